The van der Waals surface area contributed by atoms with E-state index in [4.69, 9.17) is 18.9 Å². The van der Waals surface area contributed by atoms with Gasteiger partial charge in [0.25, 0.3) is 0 Å². The van der Waals surface area contributed by atoms with Gasteiger partial charge >= 0.3 is 0 Å². The highest BCUT2D eigenvalue weighted by Crippen LogP contribution is 2.31. The van der Waals surface area contributed by atoms with E-state index in [2.05, 4.69) is 43.5 Å². The quantitative estimate of drug-likeness (QED) is 0.0204. The van der Waals surface area contributed by atoms with Crippen molar-refractivity contribution in [2.45, 2.75) is 518 Å². The maximum absolute atomic E-state index is 13.4. The fourth-order valence-corrected chi connectivity index (χ4v) is 15.4. The van der Waals surface area contributed by atoms with Gasteiger partial charge in [0.1, 0.15) is 48.8 Å². The van der Waals surface area contributed by atoms with Gasteiger partial charge in [0.2, 0.25) is 5.91 Å². The molecule has 2 rings (SSSR count). The average molecular weight is 1490 g/mol. The zero-order valence-corrected chi connectivity index (χ0v) is 68.5. The normalized spacial score (nSPS) is 21.5. The number of ether oxygens (including phenoxy) is 4. The molecule has 14 nitrogen and oxygen atoms in total. The topological polar surface area (TPSA) is 228 Å². The van der Waals surface area contributed by atoms with Crippen molar-refractivity contribution in [1.29, 1.82) is 0 Å². The first-order chi connectivity index (χ1) is 51.6. The Morgan fingerprint density at radius 3 is 0.933 bits per heavy atom. The number of nitrogens with one attached hydrogen (secondary N) is 1. The van der Waals surface area contributed by atoms with Crippen LogP contribution in [0.2, 0.25) is 0 Å². The van der Waals surface area contributed by atoms with E-state index in [9.17, 15) is 45.6 Å². The van der Waals surface area contributed by atoms with E-state index in [1.54, 1.807) is 6.08 Å². The Kier molecular flexibility index (Phi) is 70.8. The van der Waals surface area contributed by atoms with Crippen LogP contribution < -0.4 is 5.32 Å². The fourth-order valence-electron chi connectivity index (χ4n) is 15.4. The van der Waals surface area contributed by atoms with Gasteiger partial charge in [-0.25, -0.2) is 0 Å². The molecule has 2 heterocycles. The summed E-state index contributed by atoms with van der Waals surface area (Å²) in [5, 5.41) is 87.8. The Balaban J connectivity index is 1.56. The van der Waals surface area contributed by atoms with Gasteiger partial charge in [0, 0.05) is 6.42 Å². The lowest BCUT2D eigenvalue weighted by atomic mass is 9.97. The standard InChI is InChI=1S/C91H173NO13/c1-3-5-7-9-11-13-15-17-19-21-23-25-27-29-31-33-35-36-37-38-39-40-41-42-43-44-45-47-49-51-53-55-57-59-61-63-65-67-69-71-73-75-83(96)92-79(78-102-90-88(101)86(99)89(82(77-94)104-90)105-91-87(100)85(98)84(97)81(76-93)103-91)80(95)74-72-70-68-66-64-62-60-58-56-54-52-50-48-46-34-32-30-28-26-24-22-20-18-16-14-12-10-8-6-4-2/h56,58,64,66,72,74,79-82,84-91,93-95,97-101H,3-55,57,59-63,65,67-71,73,75-78H2,1-2H3,(H,92,96)/b58-56+,66-64+,74-72+. The van der Waals surface area contributed by atoms with Gasteiger partial charge in [-0.05, 0) is 44.9 Å². The maximum Gasteiger partial charge on any atom is 0.220 e. The first-order valence-corrected chi connectivity index (χ1v) is 45.7. The molecule has 0 radical (unpaired) electrons. The Labute approximate surface area is 646 Å². The van der Waals surface area contributed by atoms with Crippen molar-refractivity contribution in [1.82, 2.24) is 5.32 Å². The molecule has 14 heteroatoms. The molecule has 0 aromatic heterocycles. The molecule has 2 fully saturated rings. The minimum absolute atomic E-state index is 0.244. The van der Waals surface area contributed by atoms with E-state index in [-0.39, 0.29) is 18.9 Å². The van der Waals surface area contributed by atoms with Gasteiger partial charge in [0.15, 0.2) is 12.6 Å². The Hall–Kier alpha value is -1.79. The molecule has 105 heavy (non-hydrogen) atoms. The Morgan fingerprint density at radius 2 is 0.610 bits per heavy atom. The van der Waals surface area contributed by atoms with Crippen LogP contribution in [0.15, 0.2) is 36.5 Å². The van der Waals surface area contributed by atoms with Crippen molar-refractivity contribution in [2.75, 3.05) is 19.8 Å². The highest BCUT2D eigenvalue weighted by molar-refractivity contribution is 5.76. The molecule has 9 N–H and O–H groups in total. The van der Waals surface area contributed by atoms with Crippen LogP contribution in [-0.2, 0) is 23.7 Å². The van der Waals surface area contributed by atoms with Gasteiger partial charge in [0.05, 0.1) is 32.0 Å². The Bertz CT molecular complexity index is 1900. The van der Waals surface area contributed by atoms with Crippen LogP contribution in [0, 0.1) is 0 Å². The molecule has 0 spiro atoms. The molecule has 1 amide bonds. The fraction of sp³-hybridized carbons (Fsp3) is 0.923. The van der Waals surface area contributed by atoms with Gasteiger partial charge in [-0.15, -0.1) is 0 Å². The lowest BCUT2D eigenvalue weighted by Gasteiger charge is -2.46. The second-order valence-corrected chi connectivity index (χ2v) is 32.4. The maximum atomic E-state index is 13.4. The average Bonchev–Trinajstić information content (AvgIpc) is 0.786. The largest absolute Gasteiger partial charge is 0.394 e. The van der Waals surface area contributed by atoms with Crippen LogP contribution in [0.4, 0.5) is 0 Å². The molecule has 0 bridgehead atoms. The number of hydrogen-bond donors (Lipinski definition) is 9. The van der Waals surface area contributed by atoms with E-state index < -0.39 is 86.8 Å². The molecule has 2 saturated heterocycles. The van der Waals surface area contributed by atoms with Crippen LogP contribution in [0.25, 0.3) is 0 Å². The van der Waals surface area contributed by atoms with Crippen molar-refractivity contribution in [2.24, 2.45) is 0 Å². The summed E-state index contributed by atoms with van der Waals surface area (Å²) in [4.78, 5) is 13.4. The third-order valence-corrected chi connectivity index (χ3v) is 22.6. The highest BCUT2D eigenvalue weighted by Gasteiger charge is 2.51. The SMILES string of the molecule is CCCCCCCCCCCCCCCCCCCCCC/C=C/CC/C=C/CC/C=C/C(O)C(COC1OC(CO)C(OC2OC(CO)C(O)C(O)C2O)C(O)C1O)NC(=O)CCCCCCCCCCCCCCCCCCCCCCCCCCCCCCCCCCCCCCCCCCC. The first kappa shape index (κ1) is 99.3. The van der Waals surface area contributed by atoms with Crippen LogP contribution in [-0.4, -0.2) is 140 Å². The minimum Gasteiger partial charge on any atom is -0.394 e. The Morgan fingerprint density at radius 1 is 0.333 bits per heavy atom. The third kappa shape index (κ3) is 57.0. The molecular formula is C91H173NO13. The lowest BCUT2D eigenvalue weighted by Crippen LogP contribution is -2.65. The van der Waals surface area contributed by atoms with Crippen LogP contribution in [0.5, 0.6) is 0 Å². The number of amides is 1. The second kappa shape index (κ2) is 74.9. The predicted molar refractivity (Wildman–Crippen MR) is 438 cm³/mol. The van der Waals surface area contributed by atoms with Gasteiger partial charge < -0.3 is 65.1 Å². The van der Waals surface area contributed by atoms with Gasteiger partial charge in [-0.2, -0.15) is 0 Å². The van der Waals surface area contributed by atoms with Gasteiger partial charge in [-0.3, -0.25) is 4.79 Å². The molecule has 2 aliphatic heterocycles. The monoisotopic (exact) mass is 1490 g/mol. The zero-order chi connectivity index (χ0) is 75.8. The third-order valence-electron chi connectivity index (χ3n) is 22.6. The summed E-state index contributed by atoms with van der Waals surface area (Å²) in [6.45, 7) is 2.86. The lowest BCUT2D eigenvalue weighted by molar-refractivity contribution is -0.359. The minimum atomic E-state index is -1.79. The van der Waals surface area contributed by atoms with Crippen molar-refractivity contribution >= 4 is 5.91 Å². The number of hydrogen-bond acceptors (Lipinski definition) is 13. The van der Waals surface area contributed by atoms with Crippen molar-refractivity contribution < 1.29 is 64.6 Å². The smallest absolute Gasteiger partial charge is 0.220 e. The number of carbonyl (C=O) groups is 1. The molecule has 12 atom stereocenters. The molecule has 12 unspecified atom stereocenters. The summed E-state index contributed by atoms with van der Waals surface area (Å²) >= 11 is 0. The summed E-state index contributed by atoms with van der Waals surface area (Å²) in [6.07, 6.45) is 84.3. The molecule has 2 aliphatic rings. The number of unbranched alkanes of at least 4 members (excludes halogenated alkanes) is 62. The van der Waals surface area contributed by atoms with E-state index in [0.29, 0.717) is 12.8 Å². The predicted octanol–water partition coefficient (Wildman–Crippen LogP) is 22.3. The first-order valence-electron chi connectivity index (χ1n) is 45.7. The van der Waals surface area contributed by atoms with Crippen LogP contribution >= 0.6 is 0 Å². The summed E-state index contributed by atoms with van der Waals surface area (Å²) in [7, 11) is 0. The van der Waals surface area contributed by atoms with Crippen LogP contribution in [0.1, 0.15) is 444 Å². The molecule has 0 aliphatic carbocycles. The summed E-state index contributed by atoms with van der Waals surface area (Å²) in [5.74, 6) is -0.244. The number of allylic oxidation sites excluding steroid dienone is 5. The van der Waals surface area contributed by atoms with Crippen molar-refractivity contribution in [3.63, 3.8) is 0 Å². The van der Waals surface area contributed by atoms with E-state index in [1.165, 1.54) is 366 Å². The molecule has 0 saturated carbocycles. The highest BCUT2D eigenvalue weighted by atomic mass is 16.7. The van der Waals surface area contributed by atoms with Crippen molar-refractivity contribution in [3.05, 3.63) is 36.5 Å². The molecule has 0 aromatic rings. The molecule has 620 valence electrons. The number of aliphatic hydroxyl groups excluding tert-OH is 8. The van der Waals surface area contributed by atoms with Gasteiger partial charge in [-0.1, -0.05) is 429 Å². The molecule has 0 aromatic carbocycles. The zero-order valence-electron chi connectivity index (χ0n) is 68.5. The number of rotatable bonds is 79. The number of aliphatic hydroxyl groups is 8. The van der Waals surface area contributed by atoms with Crippen LogP contribution in [0.3, 0.4) is 0 Å². The summed E-state index contributed by atoms with van der Waals surface area (Å²) in [6, 6.07) is -0.939. The van der Waals surface area contributed by atoms with E-state index in [0.717, 1.165) is 44.9 Å². The second-order valence-electron chi connectivity index (χ2n) is 32.4. The summed E-state index contributed by atoms with van der Waals surface area (Å²) in [5.41, 5.74) is 0. The van der Waals surface area contributed by atoms with E-state index >= 15 is 0 Å². The number of carbonyl (C=O) groups excluding carboxylic acids is 1. The summed E-state index contributed by atoms with van der Waals surface area (Å²) < 4.78 is 22.9. The van der Waals surface area contributed by atoms with E-state index in [1.807, 2.05) is 6.08 Å². The molecular weight excluding hydrogens is 1310 g/mol. The van der Waals surface area contributed by atoms with Crippen molar-refractivity contribution in [3.8, 4) is 0 Å².